The molecule has 0 unspecified atom stereocenters. The fraction of sp³-hybridized carbons (Fsp3) is 0.348. The third kappa shape index (κ3) is 7.95. The van der Waals surface area contributed by atoms with Crippen molar-refractivity contribution >= 4 is 34.8 Å². The Morgan fingerprint density at radius 1 is 0.767 bits per heavy atom. The van der Waals surface area contributed by atoms with Crippen molar-refractivity contribution in [2.75, 3.05) is 36.6 Å². The second-order valence-corrected chi connectivity index (χ2v) is 7.26. The molecule has 0 aliphatic heterocycles. The van der Waals surface area contributed by atoms with E-state index in [-0.39, 0.29) is 24.3 Å². The van der Waals surface area contributed by atoms with Gasteiger partial charge in [-0.05, 0) is 54.8 Å². The van der Waals surface area contributed by atoms with Crippen LogP contribution in [0, 0.1) is 0 Å². The van der Waals surface area contributed by atoms with E-state index in [1.165, 1.54) is 0 Å². The van der Waals surface area contributed by atoms with Gasteiger partial charge in [0.1, 0.15) is 0 Å². The summed E-state index contributed by atoms with van der Waals surface area (Å²) in [5.74, 6) is -0.0857. The van der Waals surface area contributed by atoms with E-state index >= 15 is 0 Å². The van der Waals surface area contributed by atoms with E-state index in [4.69, 9.17) is 0 Å². The van der Waals surface area contributed by atoms with E-state index in [1.807, 2.05) is 31.2 Å². The van der Waals surface area contributed by atoms with Crippen molar-refractivity contribution < 1.29 is 14.4 Å². The van der Waals surface area contributed by atoms with Gasteiger partial charge in [-0.1, -0.05) is 19.1 Å². The fourth-order valence-electron chi connectivity index (χ4n) is 2.74. The first-order chi connectivity index (χ1) is 14.4. The molecule has 2 rings (SSSR count). The summed E-state index contributed by atoms with van der Waals surface area (Å²) < 4.78 is 0. The Kier molecular flexibility index (Phi) is 8.87. The number of carbonyl (C=O) groups is 3. The summed E-state index contributed by atoms with van der Waals surface area (Å²) in [5, 5.41) is 8.71. The van der Waals surface area contributed by atoms with Crippen LogP contribution in [0.2, 0.25) is 0 Å². The molecule has 160 valence electrons. The molecule has 7 nitrogen and oxygen atoms in total. The molecule has 0 aliphatic rings. The highest BCUT2D eigenvalue weighted by Crippen LogP contribution is 2.15. The summed E-state index contributed by atoms with van der Waals surface area (Å²) in [6.07, 6.45) is 2.45. The normalized spacial score (nSPS) is 10.2. The van der Waals surface area contributed by atoms with E-state index in [0.29, 0.717) is 30.6 Å². The lowest BCUT2D eigenvalue weighted by Gasteiger charge is -2.11. The van der Waals surface area contributed by atoms with Gasteiger partial charge in [-0.15, -0.1) is 0 Å². The number of aryl methyl sites for hydroxylation is 1. The quantitative estimate of drug-likeness (QED) is 0.559. The molecule has 0 radical (unpaired) electrons. The van der Waals surface area contributed by atoms with Crippen LogP contribution in [0.25, 0.3) is 0 Å². The number of carbonyl (C=O) groups excluding carboxylic acids is 3. The molecule has 0 heterocycles. The molecule has 3 amide bonds. The third-order valence-corrected chi connectivity index (χ3v) is 4.46. The van der Waals surface area contributed by atoms with E-state index < -0.39 is 0 Å². The lowest BCUT2D eigenvalue weighted by Crippen LogP contribution is -2.22. The predicted octanol–water partition coefficient (Wildman–Crippen LogP) is 3.50. The van der Waals surface area contributed by atoms with Gasteiger partial charge in [-0.3, -0.25) is 14.4 Å². The second-order valence-electron chi connectivity index (χ2n) is 7.26. The Hall–Kier alpha value is -3.35. The summed E-state index contributed by atoms with van der Waals surface area (Å²) in [5.41, 5.74) is 3.28. The SMILES string of the molecule is CCCC(=O)Nc1ccc(NC(=O)CNc2ccc(CCC(=O)N(C)C)cc2)cc1. The van der Waals surface area contributed by atoms with Crippen molar-refractivity contribution in [1.82, 2.24) is 4.90 Å². The average molecular weight is 411 g/mol. The standard InChI is InChI=1S/C23H30N4O3/c1-4-5-21(28)25-19-11-13-20(14-12-19)26-22(29)16-24-18-9-6-17(7-10-18)8-15-23(30)27(2)3/h6-7,9-14,24H,4-5,8,15-16H2,1-3H3,(H,25,28)(H,26,29). The van der Waals surface area contributed by atoms with E-state index in [0.717, 1.165) is 17.7 Å². The van der Waals surface area contributed by atoms with E-state index in [9.17, 15) is 14.4 Å². The zero-order valence-corrected chi connectivity index (χ0v) is 17.8. The Balaban J connectivity index is 1.76. The Bertz CT molecular complexity index is 846. The summed E-state index contributed by atoms with van der Waals surface area (Å²) in [7, 11) is 3.50. The van der Waals surface area contributed by atoms with Crippen molar-refractivity contribution in [1.29, 1.82) is 0 Å². The molecule has 0 saturated heterocycles. The minimum atomic E-state index is -0.168. The zero-order valence-electron chi connectivity index (χ0n) is 17.8. The summed E-state index contributed by atoms with van der Waals surface area (Å²) in [4.78, 5) is 37.0. The monoisotopic (exact) mass is 410 g/mol. The van der Waals surface area contributed by atoms with Crippen molar-refractivity contribution in [3.63, 3.8) is 0 Å². The number of anilines is 3. The molecule has 2 aromatic carbocycles. The number of nitrogens with one attached hydrogen (secondary N) is 3. The van der Waals surface area contributed by atoms with Crippen LogP contribution in [-0.4, -0.2) is 43.3 Å². The van der Waals surface area contributed by atoms with E-state index in [2.05, 4.69) is 16.0 Å². The van der Waals surface area contributed by atoms with Crippen LogP contribution in [0.4, 0.5) is 17.1 Å². The predicted molar refractivity (Wildman–Crippen MR) is 121 cm³/mol. The number of benzene rings is 2. The van der Waals surface area contributed by atoms with E-state index in [1.54, 1.807) is 43.3 Å². The molecule has 0 aliphatic carbocycles. The smallest absolute Gasteiger partial charge is 0.243 e. The number of rotatable bonds is 10. The van der Waals surface area contributed by atoms with Crippen LogP contribution in [-0.2, 0) is 20.8 Å². The molecule has 0 fully saturated rings. The second kappa shape index (κ2) is 11.6. The summed E-state index contributed by atoms with van der Waals surface area (Å²) in [6, 6.07) is 14.7. The molecule has 0 bridgehead atoms. The van der Waals surface area contributed by atoms with Crippen LogP contribution >= 0.6 is 0 Å². The molecule has 0 spiro atoms. The van der Waals surface area contributed by atoms with Gasteiger partial charge in [0.05, 0.1) is 6.54 Å². The van der Waals surface area contributed by atoms with Gasteiger partial charge in [0.15, 0.2) is 0 Å². The van der Waals surface area contributed by atoms with Crippen molar-refractivity contribution in [2.45, 2.75) is 32.6 Å². The van der Waals surface area contributed by atoms with Crippen LogP contribution in [0.1, 0.15) is 31.7 Å². The fourth-order valence-corrected chi connectivity index (χ4v) is 2.74. The maximum Gasteiger partial charge on any atom is 0.243 e. The molecule has 0 atom stereocenters. The first-order valence-electron chi connectivity index (χ1n) is 10.1. The zero-order chi connectivity index (χ0) is 21.9. The van der Waals surface area contributed by atoms with Gasteiger partial charge in [0.2, 0.25) is 17.7 Å². The first kappa shape index (κ1) is 22.9. The Morgan fingerprint density at radius 2 is 1.30 bits per heavy atom. The van der Waals surface area contributed by atoms with Gasteiger partial charge >= 0.3 is 0 Å². The first-order valence-corrected chi connectivity index (χ1v) is 10.1. The highest BCUT2D eigenvalue weighted by molar-refractivity contribution is 5.94. The Morgan fingerprint density at radius 3 is 1.83 bits per heavy atom. The van der Waals surface area contributed by atoms with Crippen LogP contribution < -0.4 is 16.0 Å². The lowest BCUT2D eigenvalue weighted by atomic mass is 10.1. The highest BCUT2D eigenvalue weighted by atomic mass is 16.2. The third-order valence-electron chi connectivity index (χ3n) is 4.46. The van der Waals surface area contributed by atoms with Gasteiger partial charge in [-0.25, -0.2) is 0 Å². The molecule has 30 heavy (non-hydrogen) atoms. The van der Waals surface area contributed by atoms with Crippen molar-refractivity contribution in [3.8, 4) is 0 Å². The van der Waals surface area contributed by atoms with Gasteiger partial charge in [-0.2, -0.15) is 0 Å². The molecular weight excluding hydrogens is 380 g/mol. The number of nitrogens with zero attached hydrogens (tertiary/aromatic N) is 1. The molecular formula is C23H30N4O3. The van der Waals surface area contributed by atoms with Crippen LogP contribution in [0.3, 0.4) is 0 Å². The minimum absolute atomic E-state index is 0.0196. The number of hydrogen-bond acceptors (Lipinski definition) is 4. The van der Waals surface area contributed by atoms with Gasteiger partial charge in [0, 0.05) is 44.0 Å². The van der Waals surface area contributed by atoms with Crippen LogP contribution in [0.5, 0.6) is 0 Å². The topological polar surface area (TPSA) is 90.5 Å². The number of amides is 3. The summed E-state index contributed by atoms with van der Waals surface area (Å²) in [6.45, 7) is 2.09. The molecule has 2 aromatic rings. The molecule has 7 heteroatoms. The van der Waals surface area contributed by atoms with Gasteiger partial charge in [0.25, 0.3) is 0 Å². The van der Waals surface area contributed by atoms with Crippen molar-refractivity contribution in [2.24, 2.45) is 0 Å². The largest absolute Gasteiger partial charge is 0.376 e. The average Bonchev–Trinajstić information content (AvgIpc) is 2.72. The number of hydrogen-bond donors (Lipinski definition) is 3. The Labute approximate surface area is 177 Å². The van der Waals surface area contributed by atoms with Gasteiger partial charge < -0.3 is 20.9 Å². The maximum atomic E-state index is 12.2. The molecule has 0 saturated carbocycles. The minimum Gasteiger partial charge on any atom is -0.376 e. The molecule has 0 aromatic heterocycles. The van der Waals surface area contributed by atoms with Crippen molar-refractivity contribution in [3.05, 3.63) is 54.1 Å². The molecule has 3 N–H and O–H groups in total. The highest BCUT2D eigenvalue weighted by Gasteiger charge is 2.06. The van der Waals surface area contributed by atoms with Crippen LogP contribution in [0.15, 0.2) is 48.5 Å². The maximum absolute atomic E-state index is 12.2. The lowest BCUT2D eigenvalue weighted by molar-refractivity contribution is -0.128. The summed E-state index contributed by atoms with van der Waals surface area (Å²) >= 11 is 0.